The summed E-state index contributed by atoms with van der Waals surface area (Å²) in [6, 6.07) is 15.3. The van der Waals surface area contributed by atoms with Gasteiger partial charge in [-0.3, -0.25) is 0 Å². The molecule has 24 heavy (non-hydrogen) atoms. The van der Waals surface area contributed by atoms with Gasteiger partial charge in [0.2, 0.25) is 0 Å². The van der Waals surface area contributed by atoms with Gasteiger partial charge in [-0.05, 0) is 54.7 Å². The summed E-state index contributed by atoms with van der Waals surface area (Å²) in [4.78, 5) is 0. The fourth-order valence-corrected chi connectivity index (χ4v) is 3.76. The van der Waals surface area contributed by atoms with Gasteiger partial charge < -0.3 is 4.74 Å². The third-order valence-electron chi connectivity index (χ3n) is 5.24. The minimum Gasteiger partial charge on any atom is -0.372 e. The molecule has 2 heteroatoms. The van der Waals surface area contributed by atoms with Gasteiger partial charge in [0.1, 0.15) is 11.9 Å². The molecule has 1 nitrogen and oxygen atoms in total. The van der Waals surface area contributed by atoms with Crippen molar-refractivity contribution in [3.8, 4) is 0 Å². The van der Waals surface area contributed by atoms with Crippen LogP contribution in [0.1, 0.15) is 54.4 Å². The highest BCUT2D eigenvalue weighted by atomic mass is 19.1. The van der Waals surface area contributed by atoms with Gasteiger partial charge >= 0.3 is 0 Å². The molecular formula is C22H25FO. The Hall–Kier alpha value is -1.93. The lowest BCUT2D eigenvalue weighted by atomic mass is 9.78. The molecule has 0 aliphatic heterocycles. The van der Waals surface area contributed by atoms with Crippen molar-refractivity contribution in [1.82, 2.24) is 0 Å². The molecule has 2 aromatic carbocycles. The monoisotopic (exact) mass is 324 g/mol. The molecule has 0 spiro atoms. The van der Waals surface area contributed by atoms with Gasteiger partial charge in [-0.2, -0.15) is 0 Å². The van der Waals surface area contributed by atoms with Crippen molar-refractivity contribution >= 4 is 0 Å². The van der Waals surface area contributed by atoms with Crippen molar-refractivity contribution < 1.29 is 9.13 Å². The Kier molecular flexibility index (Phi) is 5.47. The van der Waals surface area contributed by atoms with Crippen LogP contribution >= 0.6 is 0 Å². The molecule has 126 valence electrons. The van der Waals surface area contributed by atoms with Gasteiger partial charge in [-0.25, -0.2) is 4.39 Å². The van der Waals surface area contributed by atoms with Crippen LogP contribution in [0.25, 0.3) is 0 Å². The third-order valence-corrected chi connectivity index (χ3v) is 5.24. The smallest absolute Gasteiger partial charge is 0.129 e. The lowest BCUT2D eigenvalue weighted by Crippen LogP contribution is -2.12. The second-order valence-corrected chi connectivity index (χ2v) is 6.65. The fraction of sp³-hybridized carbons (Fsp3) is 0.364. The van der Waals surface area contributed by atoms with E-state index in [0.717, 1.165) is 5.56 Å². The third kappa shape index (κ3) is 3.59. The van der Waals surface area contributed by atoms with E-state index in [-0.39, 0.29) is 11.9 Å². The van der Waals surface area contributed by atoms with Gasteiger partial charge in [0.05, 0.1) is 0 Å². The number of halogens is 1. The summed E-state index contributed by atoms with van der Waals surface area (Å²) in [7, 11) is 1.63. The summed E-state index contributed by atoms with van der Waals surface area (Å²) in [5.74, 6) is 1.08. The van der Waals surface area contributed by atoms with E-state index < -0.39 is 0 Å². The van der Waals surface area contributed by atoms with Crippen LogP contribution in [0.5, 0.6) is 0 Å². The molecule has 0 radical (unpaired) electrons. The van der Waals surface area contributed by atoms with Crippen LogP contribution < -0.4 is 0 Å². The highest BCUT2D eigenvalue weighted by Crippen LogP contribution is 2.37. The molecule has 1 aliphatic carbocycles. The van der Waals surface area contributed by atoms with Crippen LogP contribution in [0.4, 0.5) is 4.39 Å². The molecule has 2 aromatic rings. The predicted octanol–water partition coefficient (Wildman–Crippen LogP) is 6.02. The molecule has 1 aliphatic rings. The van der Waals surface area contributed by atoms with Gasteiger partial charge in [-0.15, -0.1) is 6.58 Å². The van der Waals surface area contributed by atoms with E-state index in [2.05, 4.69) is 36.9 Å². The Bertz CT molecular complexity index is 669. The average molecular weight is 324 g/mol. The largest absolute Gasteiger partial charge is 0.372 e. The van der Waals surface area contributed by atoms with Crippen molar-refractivity contribution in [2.45, 2.75) is 37.7 Å². The molecule has 0 saturated heterocycles. The summed E-state index contributed by atoms with van der Waals surface area (Å²) < 4.78 is 19.6. The van der Waals surface area contributed by atoms with E-state index in [1.807, 2.05) is 6.07 Å². The van der Waals surface area contributed by atoms with Crippen LogP contribution in [0.3, 0.4) is 0 Å². The maximum Gasteiger partial charge on any atom is 0.129 e. The summed E-state index contributed by atoms with van der Waals surface area (Å²) in [6.45, 7) is 3.91. The number of allylic oxidation sites excluding steroid dienone is 1. The van der Waals surface area contributed by atoms with Crippen molar-refractivity contribution in [3.63, 3.8) is 0 Å². The molecule has 0 bridgehead atoms. The van der Waals surface area contributed by atoms with Crippen LogP contribution in [-0.2, 0) is 4.74 Å². The molecule has 0 amide bonds. The van der Waals surface area contributed by atoms with Crippen molar-refractivity contribution in [3.05, 3.63) is 83.7 Å². The first kappa shape index (κ1) is 16.9. The summed E-state index contributed by atoms with van der Waals surface area (Å²) in [5.41, 5.74) is 2.95. The van der Waals surface area contributed by atoms with Crippen molar-refractivity contribution in [2.75, 3.05) is 7.11 Å². The zero-order valence-electron chi connectivity index (χ0n) is 14.2. The standard InChI is InChI=1S/C22H25FO/c1-3-16-8-10-17(11-9-16)18-12-14-19(15-13-18)22(24-2)20-6-4-5-7-21(20)23/h3-7,12-17,22H,1,8-11H2,2H3. The minimum atomic E-state index is -0.364. The maximum absolute atomic E-state index is 14.1. The number of ether oxygens (including phenoxy) is 1. The van der Waals surface area contributed by atoms with E-state index in [9.17, 15) is 4.39 Å². The second-order valence-electron chi connectivity index (χ2n) is 6.65. The average Bonchev–Trinajstić information content (AvgIpc) is 2.64. The molecule has 3 rings (SSSR count). The predicted molar refractivity (Wildman–Crippen MR) is 96.6 cm³/mol. The lowest BCUT2D eigenvalue weighted by molar-refractivity contribution is 0.133. The number of methoxy groups -OCH3 is 1. The Morgan fingerprint density at radius 1 is 1.04 bits per heavy atom. The lowest BCUT2D eigenvalue weighted by Gasteiger charge is -2.27. The Balaban J connectivity index is 1.76. The molecule has 1 atom stereocenters. The number of rotatable bonds is 5. The summed E-state index contributed by atoms with van der Waals surface area (Å²) >= 11 is 0. The minimum absolute atomic E-state index is 0.226. The first-order valence-electron chi connectivity index (χ1n) is 8.72. The fourth-order valence-electron chi connectivity index (χ4n) is 3.76. The zero-order chi connectivity index (χ0) is 16.9. The van der Waals surface area contributed by atoms with E-state index in [4.69, 9.17) is 4.74 Å². The molecule has 1 unspecified atom stereocenters. The second kappa shape index (κ2) is 7.76. The van der Waals surface area contributed by atoms with E-state index >= 15 is 0 Å². The molecule has 0 N–H and O–H groups in total. The Morgan fingerprint density at radius 3 is 2.29 bits per heavy atom. The molecule has 0 heterocycles. The van der Waals surface area contributed by atoms with Crippen LogP contribution in [0.2, 0.25) is 0 Å². The summed E-state index contributed by atoms with van der Waals surface area (Å²) in [6.07, 6.45) is 6.62. The zero-order valence-corrected chi connectivity index (χ0v) is 14.2. The van der Waals surface area contributed by atoms with E-state index in [1.165, 1.54) is 37.3 Å². The van der Waals surface area contributed by atoms with E-state index in [1.54, 1.807) is 19.2 Å². The van der Waals surface area contributed by atoms with Crippen molar-refractivity contribution in [2.24, 2.45) is 5.92 Å². The topological polar surface area (TPSA) is 9.23 Å². The van der Waals surface area contributed by atoms with Crippen LogP contribution in [0.15, 0.2) is 61.2 Å². The Morgan fingerprint density at radius 2 is 1.71 bits per heavy atom. The first-order chi connectivity index (χ1) is 11.7. The molecule has 1 saturated carbocycles. The molecule has 1 fully saturated rings. The van der Waals surface area contributed by atoms with Gasteiger partial charge in [0, 0.05) is 12.7 Å². The van der Waals surface area contributed by atoms with Gasteiger partial charge in [0.25, 0.3) is 0 Å². The van der Waals surface area contributed by atoms with Crippen LogP contribution in [-0.4, -0.2) is 7.11 Å². The highest BCUT2D eigenvalue weighted by molar-refractivity contribution is 5.34. The SMILES string of the molecule is C=CC1CCC(c2ccc(C(OC)c3ccccc3F)cc2)CC1. The number of hydrogen-bond acceptors (Lipinski definition) is 1. The number of benzene rings is 2. The molecule has 0 aromatic heterocycles. The highest BCUT2D eigenvalue weighted by Gasteiger charge is 2.22. The normalized spacial score (nSPS) is 22.1. The van der Waals surface area contributed by atoms with E-state index in [0.29, 0.717) is 17.4 Å². The summed E-state index contributed by atoms with van der Waals surface area (Å²) in [5, 5.41) is 0. The number of hydrogen-bond donors (Lipinski definition) is 0. The van der Waals surface area contributed by atoms with Gasteiger partial charge in [0.15, 0.2) is 0 Å². The van der Waals surface area contributed by atoms with Crippen LogP contribution in [0, 0.1) is 11.7 Å². The quantitative estimate of drug-likeness (QED) is 0.611. The van der Waals surface area contributed by atoms with Crippen molar-refractivity contribution in [1.29, 1.82) is 0 Å². The maximum atomic E-state index is 14.1. The van der Waals surface area contributed by atoms with Gasteiger partial charge in [-0.1, -0.05) is 48.5 Å². The first-order valence-corrected chi connectivity index (χ1v) is 8.72. The molecular weight excluding hydrogens is 299 g/mol. The Labute approximate surface area is 144 Å².